The molecule has 1 heterocycles. The Hall–Kier alpha value is -0.240. The Morgan fingerprint density at radius 1 is 1.47 bits per heavy atom. The molecule has 0 amide bonds. The quantitative estimate of drug-likeness (QED) is 0.793. The first-order valence-electron chi connectivity index (χ1n) is 6.44. The van der Waals surface area contributed by atoms with Gasteiger partial charge in [-0.25, -0.2) is 0 Å². The van der Waals surface area contributed by atoms with E-state index in [1.54, 1.807) is 0 Å². The molecule has 0 aliphatic carbocycles. The smallest absolute Gasteiger partial charge is 0.104 e. The molecule has 98 valence electrons. The molecule has 17 heavy (non-hydrogen) atoms. The lowest BCUT2D eigenvalue weighted by atomic mass is 10.0. The van der Waals surface area contributed by atoms with E-state index in [-0.39, 0.29) is 5.54 Å². The minimum absolute atomic E-state index is 0.354. The zero-order valence-corrected chi connectivity index (χ0v) is 12.0. The minimum atomic E-state index is -0.383. The first-order chi connectivity index (χ1) is 8.06. The van der Waals surface area contributed by atoms with Crippen LogP contribution in [0.3, 0.4) is 0 Å². The molecule has 1 unspecified atom stereocenters. The second-order valence-corrected chi connectivity index (χ2v) is 6.58. The van der Waals surface area contributed by atoms with E-state index in [2.05, 4.69) is 25.2 Å². The van der Waals surface area contributed by atoms with Crippen LogP contribution in [0.2, 0.25) is 0 Å². The second kappa shape index (κ2) is 7.25. The van der Waals surface area contributed by atoms with Crippen LogP contribution in [0.25, 0.3) is 0 Å². The molecule has 1 aliphatic heterocycles. The topological polar surface area (TPSA) is 45.0 Å². The Morgan fingerprint density at radius 3 is 2.65 bits per heavy atom. The fourth-order valence-electron chi connectivity index (χ4n) is 2.07. The van der Waals surface area contributed by atoms with Crippen LogP contribution in [-0.2, 0) is 4.74 Å². The average Bonchev–Trinajstić information content (AvgIpc) is 2.29. The third kappa shape index (κ3) is 5.76. The third-order valence-electron chi connectivity index (χ3n) is 2.98. The lowest BCUT2D eigenvalue weighted by Crippen LogP contribution is -2.45. The lowest BCUT2D eigenvalue weighted by Gasteiger charge is -2.27. The Labute approximate surface area is 109 Å². The summed E-state index contributed by atoms with van der Waals surface area (Å²) in [5.74, 6) is 1.05. The van der Waals surface area contributed by atoms with Crippen LogP contribution >= 0.6 is 11.8 Å². The van der Waals surface area contributed by atoms with Crippen molar-refractivity contribution in [3.05, 3.63) is 0 Å². The van der Waals surface area contributed by atoms with Gasteiger partial charge in [-0.3, -0.25) is 5.32 Å². The van der Waals surface area contributed by atoms with Gasteiger partial charge in [-0.2, -0.15) is 17.0 Å². The fraction of sp³-hybridized carbons (Fsp3) is 0.923. The van der Waals surface area contributed by atoms with E-state index in [1.165, 1.54) is 0 Å². The highest BCUT2D eigenvalue weighted by molar-refractivity contribution is 7.99. The van der Waals surface area contributed by atoms with Crippen LogP contribution in [0.1, 0.15) is 40.0 Å². The Kier molecular flexibility index (Phi) is 6.32. The van der Waals surface area contributed by atoms with Gasteiger partial charge < -0.3 is 4.74 Å². The third-order valence-corrected chi connectivity index (χ3v) is 4.36. The number of hydrogen-bond donors (Lipinski definition) is 1. The number of nitriles is 1. The maximum atomic E-state index is 9.23. The van der Waals surface area contributed by atoms with Gasteiger partial charge in [0.05, 0.1) is 6.07 Å². The van der Waals surface area contributed by atoms with E-state index >= 15 is 0 Å². The first kappa shape index (κ1) is 14.8. The summed E-state index contributed by atoms with van der Waals surface area (Å²) in [5, 5.41) is 13.3. The molecule has 1 fully saturated rings. The summed E-state index contributed by atoms with van der Waals surface area (Å²) >= 11 is 2.00. The van der Waals surface area contributed by atoms with Gasteiger partial charge in [0.15, 0.2) is 0 Å². The Morgan fingerprint density at radius 2 is 2.12 bits per heavy atom. The van der Waals surface area contributed by atoms with E-state index in [0.717, 1.165) is 43.5 Å². The maximum absolute atomic E-state index is 9.23. The standard InChI is InChI=1S/C13H24N2OS/c1-11(2)15-13(3,10-14)6-9-17-12-4-7-16-8-5-12/h11-12,15H,4-9H2,1-3H3. The highest BCUT2D eigenvalue weighted by Crippen LogP contribution is 2.24. The number of nitrogens with zero attached hydrogens (tertiary/aromatic N) is 1. The molecule has 0 spiro atoms. The summed E-state index contributed by atoms with van der Waals surface area (Å²) in [7, 11) is 0. The molecule has 1 saturated heterocycles. The van der Waals surface area contributed by atoms with Gasteiger partial charge in [0.25, 0.3) is 0 Å². The largest absolute Gasteiger partial charge is 0.381 e. The molecular weight excluding hydrogens is 232 g/mol. The fourth-order valence-corrected chi connectivity index (χ4v) is 3.46. The molecule has 0 saturated carbocycles. The molecule has 4 heteroatoms. The van der Waals surface area contributed by atoms with Gasteiger partial charge >= 0.3 is 0 Å². The van der Waals surface area contributed by atoms with Crippen molar-refractivity contribution < 1.29 is 4.74 Å². The number of thioether (sulfide) groups is 1. The first-order valence-corrected chi connectivity index (χ1v) is 7.49. The molecule has 1 N–H and O–H groups in total. The van der Waals surface area contributed by atoms with Crippen LogP contribution in [0, 0.1) is 11.3 Å². The highest BCUT2D eigenvalue weighted by atomic mass is 32.2. The summed E-state index contributed by atoms with van der Waals surface area (Å²) in [5.41, 5.74) is -0.383. The second-order valence-electron chi connectivity index (χ2n) is 5.18. The number of rotatable bonds is 6. The van der Waals surface area contributed by atoms with E-state index in [1.807, 2.05) is 18.7 Å². The van der Waals surface area contributed by atoms with Crippen molar-refractivity contribution in [1.82, 2.24) is 5.32 Å². The number of ether oxygens (including phenoxy) is 1. The highest BCUT2D eigenvalue weighted by Gasteiger charge is 2.24. The SMILES string of the molecule is CC(C)NC(C)(C#N)CCSC1CCOCC1. The molecule has 0 bridgehead atoms. The van der Waals surface area contributed by atoms with Gasteiger partial charge in [-0.1, -0.05) is 0 Å². The van der Waals surface area contributed by atoms with Crippen LogP contribution in [0.4, 0.5) is 0 Å². The van der Waals surface area contributed by atoms with Gasteiger partial charge in [0.2, 0.25) is 0 Å². The van der Waals surface area contributed by atoms with Crippen molar-refractivity contribution in [2.75, 3.05) is 19.0 Å². The van der Waals surface area contributed by atoms with Crippen LogP contribution < -0.4 is 5.32 Å². The Bertz CT molecular complexity index is 259. The lowest BCUT2D eigenvalue weighted by molar-refractivity contribution is 0.1000. The summed E-state index contributed by atoms with van der Waals surface area (Å²) < 4.78 is 5.34. The molecule has 1 atom stereocenters. The maximum Gasteiger partial charge on any atom is 0.104 e. The van der Waals surface area contributed by atoms with Crippen molar-refractivity contribution in [3.8, 4) is 6.07 Å². The van der Waals surface area contributed by atoms with Gasteiger partial charge in [-0.05, 0) is 45.8 Å². The normalized spacial score (nSPS) is 21.1. The van der Waals surface area contributed by atoms with Gasteiger partial charge in [0.1, 0.15) is 5.54 Å². The average molecular weight is 256 g/mol. The van der Waals surface area contributed by atoms with Crippen molar-refractivity contribution in [2.24, 2.45) is 0 Å². The molecule has 0 aromatic heterocycles. The zero-order valence-electron chi connectivity index (χ0n) is 11.2. The summed E-state index contributed by atoms with van der Waals surface area (Å²) in [4.78, 5) is 0. The van der Waals surface area contributed by atoms with Crippen LogP contribution in [0.5, 0.6) is 0 Å². The van der Waals surface area contributed by atoms with E-state index in [9.17, 15) is 5.26 Å². The minimum Gasteiger partial charge on any atom is -0.381 e. The molecular formula is C13H24N2OS. The van der Waals surface area contributed by atoms with Crippen LogP contribution in [0.15, 0.2) is 0 Å². The van der Waals surface area contributed by atoms with Crippen molar-refractivity contribution >= 4 is 11.8 Å². The van der Waals surface area contributed by atoms with Crippen molar-refractivity contribution in [2.45, 2.75) is 56.9 Å². The summed E-state index contributed by atoms with van der Waals surface area (Å²) in [6.45, 7) is 7.97. The molecule has 3 nitrogen and oxygen atoms in total. The summed E-state index contributed by atoms with van der Waals surface area (Å²) in [6.07, 6.45) is 3.22. The van der Waals surface area contributed by atoms with E-state index in [4.69, 9.17) is 4.74 Å². The molecule has 0 aromatic carbocycles. The number of hydrogen-bond acceptors (Lipinski definition) is 4. The zero-order chi connectivity index (χ0) is 12.7. The predicted octanol–water partition coefficient (Wildman–Crippen LogP) is 2.57. The van der Waals surface area contributed by atoms with Crippen LogP contribution in [-0.4, -0.2) is 35.8 Å². The number of nitrogens with one attached hydrogen (secondary N) is 1. The summed E-state index contributed by atoms with van der Waals surface area (Å²) in [6, 6.07) is 2.75. The molecule has 1 rings (SSSR count). The predicted molar refractivity (Wildman–Crippen MR) is 73.2 cm³/mol. The van der Waals surface area contributed by atoms with Gasteiger partial charge in [0, 0.05) is 24.5 Å². The van der Waals surface area contributed by atoms with E-state index in [0.29, 0.717) is 6.04 Å². The van der Waals surface area contributed by atoms with E-state index < -0.39 is 0 Å². The van der Waals surface area contributed by atoms with Crippen molar-refractivity contribution in [1.29, 1.82) is 5.26 Å². The molecule has 1 aliphatic rings. The molecule has 0 radical (unpaired) electrons. The van der Waals surface area contributed by atoms with Gasteiger partial charge in [-0.15, -0.1) is 0 Å². The Balaban J connectivity index is 2.25. The van der Waals surface area contributed by atoms with Crippen molar-refractivity contribution in [3.63, 3.8) is 0 Å². The molecule has 0 aromatic rings. The monoisotopic (exact) mass is 256 g/mol.